The molecule has 2 N–H and O–H groups in total. The Balaban J connectivity index is 1.66. The van der Waals surface area contributed by atoms with Crippen LogP contribution in [-0.4, -0.2) is 22.1 Å². The smallest absolute Gasteiger partial charge is 0.261 e. The number of rotatable bonds is 2. The van der Waals surface area contributed by atoms with Crippen LogP contribution in [0.2, 0.25) is 0 Å². The summed E-state index contributed by atoms with van der Waals surface area (Å²) in [6.45, 7) is 0.558. The number of para-hydroxylation sites is 1. The van der Waals surface area contributed by atoms with Crippen LogP contribution in [0.3, 0.4) is 0 Å². The van der Waals surface area contributed by atoms with Gasteiger partial charge in [-0.05, 0) is 36.5 Å². The molecular formula is C19H17N3O3S. The van der Waals surface area contributed by atoms with E-state index in [1.54, 1.807) is 25.2 Å². The van der Waals surface area contributed by atoms with Crippen LogP contribution >= 0.6 is 12.2 Å². The van der Waals surface area contributed by atoms with Crippen molar-refractivity contribution in [2.75, 3.05) is 6.61 Å². The highest BCUT2D eigenvalue weighted by atomic mass is 32.1. The third-order valence-corrected chi connectivity index (χ3v) is 5.00. The van der Waals surface area contributed by atoms with Gasteiger partial charge in [0.1, 0.15) is 5.75 Å². The first-order chi connectivity index (χ1) is 12.5. The number of fused-ring (bicyclic) bond motifs is 2. The lowest BCUT2D eigenvalue weighted by atomic mass is 10.00. The van der Waals surface area contributed by atoms with E-state index in [0.29, 0.717) is 34.3 Å². The van der Waals surface area contributed by atoms with Crippen LogP contribution in [-0.2, 0) is 7.05 Å². The van der Waals surface area contributed by atoms with E-state index < -0.39 is 0 Å². The van der Waals surface area contributed by atoms with E-state index in [2.05, 4.69) is 10.3 Å². The highest BCUT2D eigenvalue weighted by molar-refractivity contribution is 7.71. The number of amides is 1. The summed E-state index contributed by atoms with van der Waals surface area (Å²) in [5, 5.41) is 3.55. The molecule has 0 bridgehead atoms. The second-order valence-electron chi connectivity index (χ2n) is 6.26. The zero-order chi connectivity index (χ0) is 18.3. The van der Waals surface area contributed by atoms with Crippen LogP contribution in [0.15, 0.2) is 47.3 Å². The molecule has 2 aromatic carbocycles. The number of nitrogens with one attached hydrogen (secondary N) is 2. The Morgan fingerprint density at radius 1 is 1.31 bits per heavy atom. The van der Waals surface area contributed by atoms with Crippen molar-refractivity contribution in [1.82, 2.24) is 14.9 Å². The molecule has 1 atom stereocenters. The molecule has 4 rings (SSSR count). The molecule has 0 fully saturated rings. The van der Waals surface area contributed by atoms with Crippen LogP contribution < -0.4 is 15.6 Å². The number of H-pyrrole nitrogens is 1. The molecule has 26 heavy (non-hydrogen) atoms. The zero-order valence-corrected chi connectivity index (χ0v) is 14.9. The summed E-state index contributed by atoms with van der Waals surface area (Å²) in [7, 11) is 1.61. The molecule has 1 amide bonds. The Bertz CT molecular complexity index is 1130. The Hall–Kier alpha value is -2.93. The van der Waals surface area contributed by atoms with E-state index in [4.69, 9.17) is 17.0 Å². The van der Waals surface area contributed by atoms with Crippen molar-refractivity contribution in [2.45, 2.75) is 12.5 Å². The molecular weight excluding hydrogens is 350 g/mol. The highest BCUT2D eigenvalue weighted by Crippen LogP contribution is 2.31. The molecule has 6 nitrogen and oxygen atoms in total. The largest absolute Gasteiger partial charge is 0.493 e. The molecule has 0 saturated heterocycles. The second kappa shape index (κ2) is 6.42. The average Bonchev–Trinajstić information content (AvgIpc) is 2.66. The normalized spacial score (nSPS) is 16.0. The van der Waals surface area contributed by atoms with E-state index in [9.17, 15) is 9.59 Å². The zero-order valence-electron chi connectivity index (χ0n) is 14.1. The fourth-order valence-corrected chi connectivity index (χ4v) is 3.37. The molecule has 132 valence electrons. The lowest BCUT2D eigenvalue weighted by Gasteiger charge is -2.26. The first kappa shape index (κ1) is 16.5. The van der Waals surface area contributed by atoms with Gasteiger partial charge in [-0.15, -0.1) is 0 Å². The Morgan fingerprint density at radius 3 is 2.96 bits per heavy atom. The summed E-state index contributed by atoms with van der Waals surface area (Å²) in [6, 6.07) is 12.6. The second-order valence-corrected chi connectivity index (χ2v) is 6.64. The predicted octanol–water partition coefficient (Wildman–Crippen LogP) is 2.85. The topological polar surface area (TPSA) is 76.1 Å². The highest BCUT2D eigenvalue weighted by Gasteiger charge is 2.23. The SMILES string of the molecule is Cn1c(=S)[nH]c2cc(C(=O)N[C@H]3CCOc4ccccc43)ccc2c1=O. The maximum absolute atomic E-state index is 12.7. The van der Waals surface area contributed by atoms with Gasteiger partial charge in [-0.25, -0.2) is 0 Å². The molecule has 1 aliphatic rings. The minimum absolute atomic E-state index is 0.106. The van der Waals surface area contributed by atoms with Crippen LogP contribution in [0.5, 0.6) is 5.75 Å². The maximum Gasteiger partial charge on any atom is 0.261 e. The van der Waals surface area contributed by atoms with Gasteiger partial charge in [0.25, 0.3) is 11.5 Å². The number of hydrogen-bond donors (Lipinski definition) is 2. The van der Waals surface area contributed by atoms with Crippen LogP contribution in [0.1, 0.15) is 28.4 Å². The Labute approximate surface area is 154 Å². The Morgan fingerprint density at radius 2 is 2.12 bits per heavy atom. The van der Waals surface area contributed by atoms with Gasteiger partial charge in [0.15, 0.2) is 4.77 Å². The van der Waals surface area contributed by atoms with Crippen LogP contribution in [0.25, 0.3) is 10.9 Å². The maximum atomic E-state index is 12.7. The minimum Gasteiger partial charge on any atom is -0.493 e. The summed E-state index contributed by atoms with van der Waals surface area (Å²) in [4.78, 5) is 28.0. The molecule has 0 radical (unpaired) electrons. The fraction of sp³-hybridized carbons (Fsp3) is 0.211. The van der Waals surface area contributed by atoms with Crippen molar-refractivity contribution in [3.8, 4) is 5.75 Å². The first-order valence-electron chi connectivity index (χ1n) is 8.30. The van der Waals surface area contributed by atoms with Gasteiger partial charge in [-0.1, -0.05) is 18.2 Å². The molecule has 7 heteroatoms. The van der Waals surface area contributed by atoms with Gasteiger partial charge in [0.2, 0.25) is 0 Å². The predicted molar refractivity (Wildman–Crippen MR) is 101 cm³/mol. The van der Waals surface area contributed by atoms with Gasteiger partial charge < -0.3 is 15.0 Å². The molecule has 1 aromatic heterocycles. The van der Waals surface area contributed by atoms with E-state index in [0.717, 1.165) is 11.3 Å². The minimum atomic E-state index is -0.200. The molecule has 0 aliphatic carbocycles. The van der Waals surface area contributed by atoms with Crippen molar-refractivity contribution in [1.29, 1.82) is 0 Å². The summed E-state index contributed by atoms with van der Waals surface area (Å²) in [5.74, 6) is 0.601. The number of aromatic nitrogens is 2. The number of carbonyl (C=O) groups is 1. The van der Waals surface area contributed by atoms with Crippen molar-refractivity contribution in [2.24, 2.45) is 7.05 Å². The van der Waals surface area contributed by atoms with E-state index in [1.807, 2.05) is 24.3 Å². The van der Waals surface area contributed by atoms with Crippen molar-refractivity contribution in [3.05, 3.63) is 68.7 Å². The summed E-state index contributed by atoms with van der Waals surface area (Å²) < 4.78 is 7.32. The molecule has 3 aromatic rings. The fourth-order valence-electron chi connectivity index (χ4n) is 3.18. The molecule has 1 aliphatic heterocycles. The molecule has 2 heterocycles. The molecule has 0 unspecified atom stereocenters. The number of ether oxygens (including phenoxy) is 1. The lowest BCUT2D eigenvalue weighted by molar-refractivity contribution is 0.0925. The summed E-state index contributed by atoms with van der Waals surface area (Å²) in [5.41, 5.74) is 1.81. The van der Waals surface area contributed by atoms with Gasteiger partial charge in [0, 0.05) is 24.6 Å². The van der Waals surface area contributed by atoms with Crippen molar-refractivity contribution >= 4 is 29.0 Å². The third kappa shape index (κ3) is 2.80. The summed E-state index contributed by atoms with van der Waals surface area (Å²) >= 11 is 5.14. The van der Waals surface area contributed by atoms with Crippen molar-refractivity contribution in [3.63, 3.8) is 0 Å². The standard InChI is InChI=1S/C19H17N3O3S/c1-22-18(24)13-7-6-11(10-15(13)21-19(22)26)17(23)20-14-8-9-25-16-5-3-2-4-12(14)16/h2-7,10,14H,8-9H2,1H3,(H,20,23)(H,21,26)/t14-/m0/s1. The van der Waals surface area contributed by atoms with Crippen LogP contribution in [0, 0.1) is 4.77 Å². The van der Waals surface area contributed by atoms with Crippen LogP contribution in [0.4, 0.5) is 0 Å². The third-order valence-electron chi connectivity index (χ3n) is 4.63. The lowest BCUT2D eigenvalue weighted by Crippen LogP contribution is -2.32. The molecule has 0 saturated carbocycles. The number of benzene rings is 2. The summed E-state index contributed by atoms with van der Waals surface area (Å²) in [6.07, 6.45) is 0.708. The Kier molecular flexibility index (Phi) is 4.08. The van der Waals surface area contributed by atoms with Gasteiger partial charge in [-0.3, -0.25) is 14.2 Å². The van der Waals surface area contributed by atoms with Gasteiger partial charge in [-0.2, -0.15) is 0 Å². The van der Waals surface area contributed by atoms with Gasteiger partial charge >= 0.3 is 0 Å². The monoisotopic (exact) mass is 367 g/mol. The van der Waals surface area contributed by atoms with E-state index >= 15 is 0 Å². The number of carbonyl (C=O) groups excluding carboxylic acids is 1. The first-order valence-corrected chi connectivity index (χ1v) is 8.71. The van der Waals surface area contributed by atoms with E-state index in [-0.39, 0.29) is 17.5 Å². The number of nitrogens with zero attached hydrogens (tertiary/aromatic N) is 1. The number of hydrogen-bond acceptors (Lipinski definition) is 4. The number of aromatic amines is 1. The van der Waals surface area contributed by atoms with E-state index in [1.165, 1.54) is 4.57 Å². The molecule has 0 spiro atoms. The van der Waals surface area contributed by atoms with Gasteiger partial charge in [0.05, 0.1) is 23.6 Å². The average molecular weight is 367 g/mol. The quantitative estimate of drug-likeness (QED) is 0.683. The van der Waals surface area contributed by atoms with Crippen molar-refractivity contribution < 1.29 is 9.53 Å².